The van der Waals surface area contributed by atoms with Crippen LogP contribution in [0.5, 0.6) is 0 Å². The fraction of sp³-hybridized carbons (Fsp3) is 0.500. The Morgan fingerprint density at radius 3 is 2.32 bits per heavy atom. The fourth-order valence-corrected chi connectivity index (χ4v) is 1.76. The summed E-state index contributed by atoms with van der Waals surface area (Å²) in [6.07, 6.45) is 5.47. The molecule has 0 saturated heterocycles. The Bertz CT molecular complexity index is 432. The molecule has 122 valence electrons. The Hall–Kier alpha value is -2.08. The van der Waals surface area contributed by atoms with Gasteiger partial charge in [0.25, 0.3) is 0 Å². The molecule has 0 saturated carbocycles. The average molecular weight is 310 g/mol. The molecule has 1 aromatic rings. The lowest BCUT2D eigenvalue weighted by molar-refractivity contribution is -0.452. The van der Waals surface area contributed by atoms with Crippen LogP contribution in [0, 0.1) is 0 Å². The van der Waals surface area contributed by atoms with Crippen molar-refractivity contribution in [1.29, 1.82) is 0 Å². The van der Waals surface area contributed by atoms with Gasteiger partial charge in [-0.2, -0.15) is 0 Å². The summed E-state index contributed by atoms with van der Waals surface area (Å²) in [6.45, 7) is 2.41. The SMILES string of the molecule is CCCCCCCCOC(=O)OOOC(=O)c1ccccc1. The van der Waals surface area contributed by atoms with E-state index < -0.39 is 12.1 Å². The Morgan fingerprint density at radius 1 is 0.909 bits per heavy atom. The topological polar surface area (TPSA) is 71.1 Å². The summed E-state index contributed by atoms with van der Waals surface area (Å²) in [5, 5.41) is 4.10. The van der Waals surface area contributed by atoms with Gasteiger partial charge in [-0.3, -0.25) is 4.89 Å². The molecule has 0 bridgehead atoms. The summed E-state index contributed by atoms with van der Waals surface area (Å²) in [4.78, 5) is 31.1. The molecule has 22 heavy (non-hydrogen) atoms. The lowest BCUT2D eigenvalue weighted by Gasteiger charge is -2.04. The summed E-state index contributed by atoms with van der Waals surface area (Å²) in [7, 11) is 0. The number of carbonyl (C=O) groups is 2. The average Bonchev–Trinajstić information content (AvgIpc) is 2.54. The van der Waals surface area contributed by atoms with E-state index in [9.17, 15) is 9.59 Å². The minimum Gasteiger partial charge on any atom is -0.432 e. The highest BCUT2D eigenvalue weighted by Crippen LogP contribution is 2.05. The van der Waals surface area contributed by atoms with Gasteiger partial charge in [-0.05, 0) is 18.6 Å². The van der Waals surface area contributed by atoms with Crippen molar-refractivity contribution in [2.75, 3.05) is 6.61 Å². The lowest BCUT2D eigenvalue weighted by Crippen LogP contribution is -2.12. The summed E-state index contributed by atoms with van der Waals surface area (Å²) >= 11 is 0. The number of carbonyl (C=O) groups excluding carboxylic acids is 2. The molecule has 0 fully saturated rings. The quantitative estimate of drug-likeness (QED) is 0.279. The second kappa shape index (κ2) is 11.6. The molecule has 0 N–H and O–H groups in total. The first-order chi connectivity index (χ1) is 10.7. The molecule has 0 unspecified atom stereocenters. The molecule has 0 heterocycles. The van der Waals surface area contributed by atoms with Crippen LogP contribution in [0.25, 0.3) is 0 Å². The Kier molecular flexibility index (Phi) is 9.45. The van der Waals surface area contributed by atoms with Crippen molar-refractivity contribution in [2.24, 2.45) is 0 Å². The Morgan fingerprint density at radius 2 is 1.59 bits per heavy atom. The van der Waals surface area contributed by atoms with Crippen molar-refractivity contribution < 1.29 is 29.1 Å². The number of rotatable bonds is 10. The van der Waals surface area contributed by atoms with Crippen LogP contribution in [0.2, 0.25) is 0 Å². The highest BCUT2D eigenvalue weighted by molar-refractivity contribution is 5.88. The van der Waals surface area contributed by atoms with Crippen LogP contribution in [0.1, 0.15) is 55.8 Å². The van der Waals surface area contributed by atoms with E-state index in [2.05, 4.69) is 21.7 Å². The molecule has 1 aromatic carbocycles. The Balaban J connectivity index is 2.00. The van der Waals surface area contributed by atoms with Gasteiger partial charge in [0.15, 0.2) is 0 Å². The predicted octanol–water partition coefficient (Wildman–Crippen LogP) is 4.20. The zero-order chi connectivity index (χ0) is 16.0. The maximum absolute atomic E-state index is 11.4. The van der Waals surface area contributed by atoms with Gasteiger partial charge in [-0.25, -0.2) is 14.5 Å². The van der Waals surface area contributed by atoms with Gasteiger partial charge in [0.05, 0.1) is 17.2 Å². The molecule has 0 spiro atoms. The first kappa shape index (κ1) is 18.0. The molecule has 0 aromatic heterocycles. The summed E-state index contributed by atoms with van der Waals surface area (Å²) in [5.41, 5.74) is 0.284. The molecule has 0 atom stereocenters. The monoisotopic (exact) mass is 310 g/mol. The molecule has 6 heteroatoms. The molecule has 0 radical (unpaired) electrons. The predicted molar refractivity (Wildman–Crippen MR) is 78.8 cm³/mol. The Labute approximate surface area is 130 Å². The van der Waals surface area contributed by atoms with Crippen molar-refractivity contribution in [3.63, 3.8) is 0 Å². The maximum atomic E-state index is 11.4. The van der Waals surface area contributed by atoms with Crippen molar-refractivity contribution in [2.45, 2.75) is 45.4 Å². The van der Waals surface area contributed by atoms with Crippen molar-refractivity contribution in [1.82, 2.24) is 0 Å². The smallest absolute Gasteiger partial charge is 0.432 e. The minimum absolute atomic E-state index is 0.251. The third-order valence-corrected chi connectivity index (χ3v) is 2.94. The number of hydrogen-bond donors (Lipinski definition) is 0. The zero-order valence-corrected chi connectivity index (χ0v) is 12.8. The van der Waals surface area contributed by atoms with Crippen LogP contribution in [-0.2, 0) is 19.6 Å². The van der Waals surface area contributed by atoms with E-state index in [0.717, 1.165) is 19.3 Å². The van der Waals surface area contributed by atoms with Gasteiger partial charge < -0.3 is 4.74 Å². The van der Waals surface area contributed by atoms with E-state index in [0.29, 0.717) is 0 Å². The van der Waals surface area contributed by atoms with Gasteiger partial charge in [0, 0.05) is 0 Å². The van der Waals surface area contributed by atoms with E-state index in [-0.39, 0.29) is 12.2 Å². The van der Waals surface area contributed by atoms with Gasteiger partial charge in [-0.15, -0.1) is 0 Å². The molecule has 6 nitrogen and oxygen atoms in total. The van der Waals surface area contributed by atoms with Crippen molar-refractivity contribution in [3.05, 3.63) is 35.9 Å². The zero-order valence-electron chi connectivity index (χ0n) is 12.8. The third kappa shape index (κ3) is 8.26. The van der Waals surface area contributed by atoms with Crippen LogP contribution in [0.4, 0.5) is 4.79 Å². The van der Waals surface area contributed by atoms with Gasteiger partial charge in [-0.1, -0.05) is 57.2 Å². The summed E-state index contributed by atoms with van der Waals surface area (Å²) < 4.78 is 4.76. The van der Waals surface area contributed by atoms with E-state index in [4.69, 9.17) is 4.74 Å². The second-order valence-corrected chi connectivity index (χ2v) is 4.75. The maximum Gasteiger partial charge on any atom is 0.543 e. The number of unbranched alkanes of at least 4 members (excludes halogenated alkanes) is 5. The summed E-state index contributed by atoms with van der Waals surface area (Å²) in [6, 6.07) is 8.19. The molecule has 0 aliphatic carbocycles. The molecular formula is C16H22O6. The van der Waals surface area contributed by atoms with Gasteiger partial charge in [0.2, 0.25) is 0 Å². The van der Waals surface area contributed by atoms with Crippen LogP contribution in [-0.4, -0.2) is 18.7 Å². The lowest BCUT2D eigenvalue weighted by atomic mass is 10.1. The minimum atomic E-state index is -1.03. The molecule has 0 aliphatic rings. The number of hydrogen-bond acceptors (Lipinski definition) is 6. The first-order valence-corrected chi connectivity index (χ1v) is 7.51. The van der Waals surface area contributed by atoms with Gasteiger partial charge >= 0.3 is 12.1 Å². The van der Waals surface area contributed by atoms with E-state index in [1.807, 2.05) is 0 Å². The van der Waals surface area contributed by atoms with E-state index in [1.165, 1.54) is 19.3 Å². The largest absolute Gasteiger partial charge is 0.543 e. The molecule has 0 aliphatic heterocycles. The highest BCUT2D eigenvalue weighted by atomic mass is 17.5. The highest BCUT2D eigenvalue weighted by Gasteiger charge is 2.11. The van der Waals surface area contributed by atoms with Crippen LogP contribution >= 0.6 is 0 Å². The number of benzene rings is 1. The fourth-order valence-electron chi connectivity index (χ4n) is 1.76. The summed E-state index contributed by atoms with van der Waals surface area (Å²) in [5.74, 6) is -0.760. The van der Waals surface area contributed by atoms with Crippen LogP contribution in [0.15, 0.2) is 30.3 Å². The second-order valence-electron chi connectivity index (χ2n) is 4.75. The molecule has 0 amide bonds. The van der Waals surface area contributed by atoms with E-state index >= 15 is 0 Å². The van der Waals surface area contributed by atoms with Crippen molar-refractivity contribution in [3.8, 4) is 0 Å². The first-order valence-electron chi connectivity index (χ1n) is 7.51. The van der Waals surface area contributed by atoms with Crippen LogP contribution in [0.3, 0.4) is 0 Å². The van der Waals surface area contributed by atoms with Crippen LogP contribution < -0.4 is 0 Å². The third-order valence-electron chi connectivity index (χ3n) is 2.94. The number of ether oxygens (including phenoxy) is 1. The standard InChI is InChI=1S/C16H22O6/c1-2-3-4-5-6-10-13-19-16(18)21-22-20-15(17)14-11-8-7-9-12-14/h7-9,11-12H,2-6,10,13H2,1H3. The van der Waals surface area contributed by atoms with Crippen molar-refractivity contribution >= 4 is 12.1 Å². The van der Waals surface area contributed by atoms with Gasteiger partial charge in [0.1, 0.15) is 0 Å². The molecular weight excluding hydrogens is 288 g/mol. The molecule has 1 rings (SSSR count). The van der Waals surface area contributed by atoms with E-state index in [1.54, 1.807) is 30.3 Å². The normalized spacial score (nSPS) is 10.0.